The molecule has 3 rings (SSSR count). The van der Waals surface area contributed by atoms with E-state index in [0.29, 0.717) is 17.4 Å². The summed E-state index contributed by atoms with van der Waals surface area (Å²) < 4.78 is 16.1. The van der Waals surface area contributed by atoms with Crippen LogP contribution in [0.2, 0.25) is 0 Å². The van der Waals surface area contributed by atoms with E-state index in [-0.39, 0.29) is 30.9 Å². The lowest BCUT2D eigenvalue weighted by atomic mass is 9.86. The number of amides is 1. The summed E-state index contributed by atoms with van der Waals surface area (Å²) in [7, 11) is 0. The molecule has 1 aromatic carbocycles. The van der Waals surface area contributed by atoms with Crippen molar-refractivity contribution in [3.05, 3.63) is 54.0 Å². The van der Waals surface area contributed by atoms with Gasteiger partial charge in [-0.1, -0.05) is 38.0 Å². The van der Waals surface area contributed by atoms with Crippen LogP contribution in [0.3, 0.4) is 0 Å². The first-order valence-electron chi connectivity index (χ1n) is 9.35. The molecule has 1 aliphatic rings. The van der Waals surface area contributed by atoms with E-state index in [1.807, 2.05) is 30.3 Å². The largest absolute Gasteiger partial charge is 0.486 e. The van der Waals surface area contributed by atoms with Crippen molar-refractivity contribution in [3.8, 4) is 5.75 Å². The van der Waals surface area contributed by atoms with Crippen LogP contribution in [0.1, 0.15) is 48.9 Å². The number of hydrogen-bond acceptors (Lipinski definition) is 5. The van der Waals surface area contributed by atoms with Crippen LogP contribution < -0.4 is 10.1 Å². The van der Waals surface area contributed by atoms with Crippen molar-refractivity contribution in [1.29, 1.82) is 0 Å². The number of ether oxygens (including phenoxy) is 2. The average molecular weight is 371 g/mol. The number of benzene rings is 1. The van der Waals surface area contributed by atoms with Crippen molar-refractivity contribution in [2.75, 3.05) is 6.61 Å². The summed E-state index contributed by atoms with van der Waals surface area (Å²) in [5, 5.41) is 2.95. The third-order valence-corrected chi connectivity index (χ3v) is 4.78. The Morgan fingerprint density at radius 1 is 1.11 bits per heavy atom. The summed E-state index contributed by atoms with van der Waals surface area (Å²) in [6.07, 6.45) is 4.42. The van der Waals surface area contributed by atoms with Crippen LogP contribution >= 0.6 is 0 Å². The third-order valence-electron chi connectivity index (χ3n) is 4.78. The monoisotopic (exact) mass is 371 g/mol. The Labute approximate surface area is 158 Å². The zero-order valence-electron chi connectivity index (χ0n) is 15.5. The predicted octanol–water partition coefficient (Wildman–Crippen LogP) is 3.71. The number of para-hydroxylation sites is 1. The summed E-state index contributed by atoms with van der Waals surface area (Å²) in [4.78, 5) is 24.1. The molecule has 1 amide bonds. The zero-order valence-corrected chi connectivity index (χ0v) is 15.5. The van der Waals surface area contributed by atoms with Crippen LogP contribution in [0.25, 0.3) is 0 Å². The van der Waals surface area contributed by atoms with Crippen molar-refractivity contribution in [3.63, 3.8) is 0 Å². The second kappa shape index (κ2) is 9.26. The number of esters is 1. The SMILES string of the molecule is C[C@H]1CCCC[C@@H]1NC(=O)COC(=O)c1ccc(COc2ccccc2)o1. The minimum Gasteiger partial charge on any atom is -0.486 e. The maximum absolute atomic E-state index is 12.1. The Balaban J connectivity index is 1.43. The van der Waals surface area contributed by atoms with Crippen molar-refractivity contribution in [1.82, 2.24) is 5.32 Å². The molecule has 1 aromatic heterocycles. The van der Waals surface area contributed by atoms with E-state index in [2.05, 4.69) is 12.2 Å². The van der Waals surface area contributed by atoms with Gasteiger partial charge in [-0.05, 0) is 43.0 Å². The maximum atomic E-state index is 12.1. The van der Waals surface area contributed by atoms with Crippen molar-refractivity contribution < 1.29 is 23.5 Å². The Morgan fingerprint density at radius 2 is 1.89 bits per heavy atom. The molecule has 2 aromatic rings. The van der Waals surface area contributed by atoms with Gasteiger partial charge in [-0.15, -0.1) is 0 Å². The molecular weight excluding hydrogens is 346 g/mol. The maximum Gasteiger partial charge on any atom is 0.374 e. The van der Waals surface area contributed by atoms with Gasteiger partial charge in [0.2, 0.25) is 5.76 Å². The van der Waals surface area contributed by atoms with Crippen molar-refractivity contribution in [2.45, 2.75) is 45.3 Å². The van der Waals surface area contributed by atoms with Crippen LogP contribution in [-0.2, 0) is 16.1 Å². The second-order valence-corrected chi connectivity index (χ2v) is 6.88. The molecule has 0 saturated heterocycles. The molecule has 0 bridgehead atoms. The van der Waals surface area contributed by atoms with E-state index in [1.165, 1.54) is 12.5 Å². The molecule has 1 heterocycles. The average Bonchev–Trinajstić information content (AvgIpc) is 3.16. The van der Waals surface area contributed by atoms with E-state index >= 15 is 0 Å². The van der Waals surface area contributed by atoms with Crippen LogP contribution in [-0.4, -0.2) is 24.5 Å². The first kappa shape index (κ1) is 19.0. The fourth-order valence-electron chi connectivity index (χ4n) is 3.22. The summed E-state index contributed by atoms with van der Waals surface area (Å²) in [6, 6.07) is 12.7. The minimum absolute atomic E-state index is 0.0560. The standard InChI is InChI=1S/C21H25NO5/c1-15-7-5-6-10-18(15)22-20(23)14-26-21(24)19-12-11-17(27-19)13-25-16-8-3-2-4-9-16/h2-4,8-9,11-12,15,18H,5-7,10,13-14H2,1H3,(H,22,23)/t15-,18-/m0/s1. The Hall–Kier alpha value is -2.76. The van der Waals surface area contributed by atoms with Gasteiger partial charge in [0.25, 0.3) is 5.91 Å². The van der Waals surface area contributed by atoms with Crippen molar-refractivity contribution >= 4 is 11.9 Å². The molecule has 1 fully saturated rings. The lowest BCUT2D eigenvalue weighted by molar-refractivity contribution is -0.125. The lowest BCUT2D eigenvalue weighted by Gasteiger charge is -2.29. The molecule has 2 atom stereocenters. The normalized spacial score (nSPS) is 19.3. The number of furan rings is 1. The highest BCUT2D eigenvalue weighted by atomic mass is 16.6. The molecule has 0 unspecified atom stereocenters. The lowest BCUT2D eigenvalue weighted by Crippen LogP contribution is -2.42. The molecule has 6 nitrogen and oxygen atoms in total. The molecule has 1 N–H and O–H groups in total. The number of carbonyl (C=O) groups excluding carboxylic acids is 2. The van der Waals surface area contributed by atoms with Crippen LogP contribution in [0.5, 0.6) is 5.75 Å². The van der Waals surface area contributed by atoms with Crippen molar-refractivity contribution in [2.24, 2.45) is 5.92 Å². The quantitative estimate of drug-likeness (QED) is 0.751. The number of nitrogens with one attached hydrogen (secondary N) is 1. The highest BCUT2D eigenvalue weighted by Crippen LogP contribution is 2.23. The Bertz CT molecular complexity index is 755. The fraction of sp³-hybridized carbons (Fsp3) is 0.429. The molecule has 6 heteroatoms. The minimum atomic E-state index is -0.659. The number of hydrogen-bond donors (Lipinski definition) is 1. The van der Waals surface area contributed by atoms with Crippen LogP contribution in [0.15, 0.2) is 46.9 Å². The first-order chi connectivity index (χ1) is 13.1. The van der Waals surface area contributed by atoms with Gasteiger partial charge >= 0.3 is 5.97 Å². The molecule has 1 saturated carbocycles. The molecule has 1 aliphatic carbocycles. The van der Waals surface area contributed by atoms with Gasteiger partial charge in [-0.3, -0.25) is 4.79 Å². The summed E-state index contributed by atoms with van der Waals surface area (Å²) in [5.74, 6) is 0.795. The fourth-order valence-corrected chi connectivity index (χ4v) is 3.22. The van der Waals surface area contributed by atoms with Gasteiger partial charge in [0.1, 0.15) is 18.1 Å². The van der Waals surface area contributed by atoms with Gasteiger partial charge in [0.05, 0.1) is 0 Å². The topological polar surface area (TPSA) is 77.8 Å². The first-order valence-corrected chi connectivity index (χ1v) is 9.35. The zero-order chi connectivity index (χ0) is 19.1. The second-order valence-electron chi connectivity index (χ2n) is 6.88. The molecule has 27 heavy (non-hydrogen) atoms. The smallest absolute Gasteiger partial charge is 0.374 e. The summed E-state index contributed by atoms with van der Waals surface area (Å²) in [6.45, 7) is 2.04. The van der Waals surface area contributed by atoms with Gasteiger partial charge in [0.15, 0.2) is 6.61 Å². The number of carbonyl (C=O) groups is 2. The van der Waals surface area contributed by atoms with E-state index in [9.17, 15) is 9.59 Å². The van der Waals surface area contributed by atoms with Crippen LogP contribution in [0.4, 0.5) is 0 Å². The molecule has 0 radical (unpaired) electrons. The predicted molar refractivity (Wildman–Crippen MR) is 99.3 cm³/mol. The van der Waals surface area contributed by atoms with Gasteiger partial charge in [-0.2, -0.15) is 0 Å². The van der Waals surface area contributed by atoms with E-state index in [4.69, 9.17) is 13.9 Å². The van der Waals surface area contributed by atoms with E-state index < -0.39 is 5.97 Å². The van der Waals surface area contributed by atoms with Gasteiger partial charge < -0.3 is 19.2 Å². The highest BCUT2D eigenvalue weighted by Gasteiger charge is 2.23. The van der Waals surface area contributed by atoms with E-state index in [1.54, 1.807) is 6.07 Å². The van der Waals surface area contributed by atoms with E-state index in [0.717, 1.165) is 19.3 Å². The van der Waals surface area contributed by atoms with Crippen LogP contribution in [0, 0.1) is 5.92 Å². The Kier molecular flexibility index (Phi) is 6.52. The Morgan fingerprint density at radius 3 is 2.67 bits per heavy atom. The molecule has 0 spiro atoms. The summed E-state index contributed by atoms with van der Waals surface area (Å²) in [5.41, 5.74) is 0. The summed E-state index contributed by atoms with van der Waals surface area (Å²) >= 11 is 0. The third kappa shape index (κ3) is 5.61. The molecule has 144 valence electrons. The van der Waals surface area contributed by atoms with Gasteiger partial charge in [-0.25, -0.2) is 4.79 Å². The molecular formula is C21H25NO5. The van der Waals surface area contributed by atoms with Gasteiger partial charge in [0, 0.05) is 6.04 Å². The number of rotatable bonds is 7. The molecule has 0 aliphatic heterocycles. The highest BCUT2D eigenvalue weighted by molar-refractivity contribution is 5.88.